The third-order valence-corrected chi connectivity index (χ3v) is 6.17. The second-order valence-electron chi connectivity index (χ2n) is 7.85. The minimum absolute atomic E-state index is 0.202. The highest BCUT2D eigenvalue weighted by atomic mass is 35.5. The molecule has 2 unspecified atom stereocenters. The molecule has 0 saturated carbocycles. The Balaban J connectivity index is 1.51. The minimum atomic E-state index is 0.202. The van der Waals surface area contributed by atoms with Gasteiger partial charge < -0.3 is 0 Å². The number of nitrogens with zero attached hydrogens (tertiary/aromatic N) is 3. The van der Waals surface area contributed by atoms with Gasteiger partial charge in [0.2, 0.25) is 5.28 Å². The van der Waals surface area contributed by atoms with Gasteiger partial charge in [-0.25, -0.2) is 4.98 Å². The highest BCUT2D eigenvalue weighted by Gasteiger charge is 2.29. The fourth-order valence-corrected chi connectivity index (χ4v) is 4.69. The molecular formula is C27H18ClN3. The van der Waals surface area contributed by atoms with E-state index in [1.807, 2.05) is 18.2 Å². The summed E-state index contributed by atoms with van der Waals surface area (Å²) in [7, 11) is 0. The fraction of sp³-hybridized carbons (Fsp3) is 0.0741. The minimum Gasteiger partial charge on any atom is -0.208 e. The molecule has 6 rings (SSSR count). The van der Waals surface area contributed by atoms with E-state index >= 15 is 0 Å². The first-order valence-electron chi connectivity index (χ1n) is 10.3. The standard InChI is InChI=1S/C27H18ClN3/c28-27-30-25(20-14-13-17-7-1-2-8-18(17)15-20)29-26(31-27)24-16-19-9-3-4-10-21(19)22-11-5-6-12-23(22)24/h1-16,19,21H. The molecule has 3 nitrogen and oxygen atoms in total. The molecule has 1 heterocycles. The zero-order valence-electron chi connectivity index (χ0n) is 16.6. The molecule has 4 heteroatoms. The maximum atomic E-state index is 6.39. The average molecular weight is 420 g/mol. The van der Waals surface area contributed by atoms with Crippen LogP contribution in [0.5, 0.6) is 0 Å². The van der Waals surface area contributed by atoms with E-state index in [4.69, 9.17) is 16.6 Å². The number of hydrogen-bond donors (Lipinski definition) is 0. The third-order valence-electron chi connectivity index (χ3n) is 6.00. The molecule has 0 saturated heterocycles. The molecule has 0 aliphatic heterocycles. The van der Waals surface area contributed by atoms with Crippen LogP contribution in [0.4, 0.5) is 0 Å². The largest absolute Gasteiger partial charge is 0.226 e. The second kappa shape index (κ2) is 7.29. The number of benzene rings is 3. The van der Waals surface area contributed by atoms with Crippen molar-refractivity contribution in [2.75, 3.05) is 0 Å². The van der Waals surface area contributed by atoms with Crippen LogP contribution in [0.15, 0.2) is 97.1 Å². The van der Waals surface area contributed by atoms with Gasteiger partial charge in [0.15, 0.2) is 11.6 Å². The Morgan fingerprint density at radius 1 is 0.710 bits per heavy atom. The lowest BCUT2D eigenvalue weighted by atomic mass is 9.74. The topological polar surface area (TPSA) is 38.7 Å². The normalized spacial score (nSPS) is 19.1. The lowest BCUT2D eigenvalue weighted by Crippen LogP contribution is -2.17. The van der Waals surface area contributed by atoms with Gasteiger partial charge in [0.25, 0.3) is 0 Å². The van der Waals surface area contributed by atoms with Crippen LogP contribution in [-0.4, -0.2) is 15.0 Å². The van der Waals surface area contributed by atoms with Gasteiger partial charge in [-0.05, 0) is 39.6 Å². The van der Waals surface area contributed by atoms with E-state index in [1.165, 1.54) is 10.9 Å². The maximum Gasteiger partial charge on any atom is 0.226 e. The molecule has 148 valence electrons. The molecule has 2 aliphatic rings. The molecule has 0 amide bonds. The van der Waals surface area contributed by atoms with Crippen molar-refractivity contribution >= 4 is 27.9 Å². The van der Waals surface area contributed by atoms with E-state index in [0.717, 1.165) is 22.1 Å². The zero-order valence-corrected chi connectivity index (χ0v) is 17.4. The first-order valence-corrected chi connectivity index (χ1v) is 10.7. The number of rotatable bonds is 2. The Morgan fingerprint density at radius 2 is 1.48 bits per heavy atom. The summed E-state index contributed by atoms with van der Waals surface area (Å²) in [5.41, 5.74) is 4.36. The van der Waals surface area contributed by atoms with Crippen LogP contribution < -0.4 is 0 Å². The highest BCUT2D eigenvalue weighted by Crippen LogP contribution is 2.42. The zero-order chi connectivity index (χ0) is 20.8. The van der Waals surface area contributed by atoms with E-state index in [1.54, 1.807) is 0 Å². The average Bonchev–Trinajstić information content (AvgIpc) is 2.83. The summed E-state index contributed by atoms with van der Waals surface area (Å²) < 4.78 is 0. The predicted octanol–water partition coefficient (Wildman–Crippen LogP) is 6.62. The van der Waals surface area contributed by atoms with Crippen LogP contribution in [-0.2, 0) is 0 Å². The van der Waals surface area contributed by atoms with Gasteiger partial charge in [-0.3, -0.25) is 0 Å². The number of fused-ring (bicyclic) bond motifs is 4. The van der Waals surface area contributed by atoms with Gasteiger partial charge in [-0.2, -0.15) is 9.97 Å². The van der Waals surface area contributed by atoms with Gasteiger partial charge in [0, 0.05) is 23.0 Å². The highest BCUT2D eigenvalue weighted by molar-refractivity contribution is 6.28. The van der Waals surface area contributed by atoms with E-state index in [-0.39, 0.29) is 11.2 Å². The van der Waals surface area contributed by atoms with Gasteiger partial charge in [-0.15, -0.1) is 0 Å². The summed E-state index contributed by atoms with van der Waals surface area (Å²) in [6.45, 7) is 0. The van der Waals surface area contributed by atoms with E-state index in [0.29, 0.717) is 17.6 Å². The first-order chi connectivity index (χ1) is 15.3. The molecule has 3 aromatic carbocycles. The molecule has 0 fully saturated rings. The number of halogens is 1. The Hall–Kier alpha value is -3.56. The second-order valence-corrected chi connectivity index (χ2v) is 8.19. The molecule has 2 atom stereocenters. The summed E-state index contributed by atoms with van der Waals surface area (Å²) in [6, 6.07) is 22.9. The third kappa shape index (κ3) is 3.18. The Kier molecular flexibility index (Phi) is 4.29. The van der Waals surface area contributed by atoms with Crippen molar-refractivity contribution in [3.05, 3.63) is 119 Å². The van der Waals surface area contributed by atoms with E-state index in [2.05, 4.69) is 88.9 Å². The Morgan fingerprint density at radius 3 is 2.42 bits per heavy atom. The number of hydrogen-bond acceptors (Lipinski definition) is 3. The molecule has 0 radical (unpaired) electrons. The van der Waals surface area contributed by atoms with Gasteiger partial charge >= 0.3 is 0 Å². The van der Waals surface area contributed by atoms with Gasteiger partial charge in [0.05, 0.1) is 0 Å². The van der Waals surface area contributed by atoms with Crippen molar-refractivity contribution in [2.45, 2.75) is 5.92 Å². The Bertz CT molecular complexity index is 1420. The lowest BCUT2D eigenvalue weighted by Gasteiger charge is -2.30. The van der Waals surface area contributed by atoms with Crippen molar-refractivity contribution in [1.82, 2.24) is 15.0 Å². The molecule has 4 aromatic rings. The van der Waals surface area contributed by atoms with Crippen LogP contribution in [0.1, 0.15) is 22.9 Å². The molecule has 0 spiro atoms. The summed E-state index contributed by atoms with van der Waals surface area (Å²) in [6.07, 6.45) is 11.0. The molecule has 0 N–H and O–H groups in total. The van der Waals surface area contributed by atoms with Crippen LogP contribution in [0.2, 0.25) is 5.28 Å². The van der Waals surface area contributed by atoms with E-state index < -0.39 is 0 Å². The van der Waals surface area contributed by atoms with Crippen molar-refractivity contribution in [1.29, 1.82) is 0 Å². The van der Waals surface area contributed by atoms with Gasteiger partial charge in [-0.1, -0.05) is 91.0 Å². The maximum absolute atomic E-state index is 6.39. The predicted molar refractivity (Wildman–Crippen MR) is 126 cm³/mol. The quantitative estimate of drug-likeness (QED) is 0.366. The summed E-state index contributed by atoms with van der Waals surface area (Å²) in [5, 5.41) is 2.52. The number of allylic oxidation sites excluding steroid dienone is 5. The van der Waals surface area contributed by atoms with Crippen molar-refractivity contribution in [3.63, 3.8) is 0 Å². The first kappa shape index (κ1) is 18.2. The van der Waals surface area contributed by atoms with Crippen molar-refractivity contribution in [2.24, 2.45) is 5.92 Å². The molecular weight excluding hydrogens is 402 g/mol. The fourth-order valence-electron chi connectivity index (χ4n) is 4.53. The smallest absolute Gasteiger partial charge is 0.208 e. The van der Waals surface area contributed by atoms with Crippen LogP contribution in [0.3, 0.4) is 0 Å². The van der Waals surface area contributed by atoms with Gasteiger partial charge in [0.1, 0.15) is 0 Å². The summed E-state index contributed by atoms with van der Waals surface area (Å²) in [4.78, 5) is 13.8. The molecule has 0 bridgehead atoms. The monoisotopic (exact) mass is 419 g/mol. The van der Waals surface area contributed by atoms with Crippen LogP contribution in [0.25, 0.3) is 27.7 Å². The lowest BCUT2D eigenvalue weighted by molar-refractivity contribution is 0.687. The molecule has 1 aromatic heterocycles. The number of aromatic nitrogens is 3. The SMILES string of the molecule is Clc1nc(C2=CC3C=CC=CC3c3ccccc32)nc(-c2ccc3ccccc3c2)n1. The van der Waals surface area contributed by atoms with Crippen molar-refractivity contribution < 1.29 is 0 Å². The summed E-state index contributed by atoms with van der Waals surface area (Å²) >= 11 is 6.39. The Labute approximate surface area is 185 Å². The molecule has 31 heavy (non-hydrogen) atoms. The van der Waals surface area contributed by atoms with Crippen LogP contribution in [0, 0.1) is 5.92 Å². The molecule has 2 aliphatic carbocycles. The van der Waals surface area contributed by atoms with E-state index in [9.17, 15) is 0 Å². The summed E-state index contributed by atoms with van der Waals surface area (Å²) in [5.74, 6) is 1.80. The van der Waals surface area contributed by atoms with Crippen molar-refractivity contribution in [3.8, 4) is 11.4 Å². The van der Waals surface area contributed by atoms with Crippen LogP contribution >= 0.6 is 11.6 Å².